The molecule has 17 heavy (non-hydrogen) atoms. The Hall–Kier alpha value is -1.77. The predicted octanol–water partition coefficient (Wildman–Crippen LogP) is 3.10. The normalized spacial score (nSPS) is 11.1. The van der Waals surface area contributed by atoms with Crippen LogP contribution in [0.4, 0.5) is 5.69 Å². The molecule has 0 bridgehead atoms. The van der Waals surface area contributed by atoms with Gasteiger partial charge in [-0.3, -0.25) is 4.68 Å². The summed E-state index contributed by atoms with van der Waals surface area (Å²) in [5.74, 6) is 0.395. The lowest BCUT2D eigenvalue weighted by Gasteiger charge is -2.08. The Kier molecular flexibility index (Phi) is 2.92. The van der Waals surface area contributed by atoms with Gasteiger partial charge < -0.3 is 5.73 Å². The summed E-state index contributed by atoms with van der Waals surface area (Å²) < 4.78 is 1.85. The molecular weight excluding hydrogens is 210 g/mol. The highest BCUT2D eigenvalue weighted by atomic mass is 15.3. The van der Waals surface area contributed by atoms with Gasteiger partial charge in [0.2, 0.25) is 0 Å². The lowest BCUT2D eigenvalue weighted by atomic mass is 9.98. The fourth-order valence-electron chi connectivity index (χ4n) is 2.07. The first kappa shape index (κ1) is 11.7. The Bertz CT molecular complexity index is 538. The quantitative estimate of drug-likeness (QED) is 0.804. The van der Waals surface area contributed by atoms with Gasteiger partial charge in [0.1, 0.15) is 0 Å². The second kappa shape index (κ2) is 4.24. The molecule has 0 atom stereocenters. The second-order valence-corrected chi connectivity index (χ2v) is 4.85. The molecule has 0 aliphatic carbocycles. The molecule has 0 spiro atoms. The van der Waals surface area contributed by atoms with Gasteiger partial charge in [0.25, 0.3) is 0 Å². The smallest absolute Gasteiger partial charge is 0.0728 e. The average molecular weight is 229 g/mol. The SMILES string of the molecule is Cc1ccc(-c2cn(C)nc2C(C)C)c(N)c1. The van der Waals surface area contributed by atoms with Crippen LogP contribution in [0.1, 0.15) is 31.0 Å². The van der Waals surface area contributed by atoms with Crippen molar-refractivity contribution in [3.8, 4) is 11.1 Å². The minimum Gasteiger partial charge on any atom is -0.398 e. The van der Waals surface area contributed by atoms with E-state index in [1.165, 1.54) is 5.56 Å². The van der Waals surface area contributed by atoms with E-state index >= 15 is 0 Å². The maximum Gasteiger partial charge on any atom is 0.0728 e. The molecule has 2 rings (SSSR count). The number of nitrogens with zero attached hydrogens (tertiary/aromatic N) is 2. The minimum atomic E-state index is 0.395. The summed E-state index contributed by atoms with van der Waals surface area (Å²) in [5, 5.41) is 4.51. The summed E-state index contributed by atoms with van der Waals surface area (Å²) in [7, 11) is 1.94. The van der Waals surface area contributed by atoms with E-state index in [0.29, 0.717) is 5.92 Å². The topological polar surface area (TPSA) is 43.8 Å². The number of nitrogens with two attached hydrogens (primary N) is 1. The molecule has 0 fully saturated rings. The van der Waals surface area contributed by atoms with Crippen molar-refractivity contribution in [3.05, 3.63) is 35.7 Å². The molecule has 0 saturated heterocycles. The van der Waals surface area contributed by atoms with Crippen LogP contribution >= 0.6 is 0 Å². The monoisotopic (exact) mass is 229 g/mol. The second-order valence-electron chi connectivity index (χ2n) is 4.85. The highest BCUT2D eigenvalue weighted by Gasteiger charge is 2.14. The van der Waals surface area contributed by atoms with Gasteiger partial charge in [-0.25, -0.2) is 0 Å². The van der Waals surface area contributed by atoms with Gasteiger partial charge in [0.05, 0.1) is 5.69 Å². The summed E-state index contributed by atoms with van der Waals surface area (Å²) in [6.45, 7) is 6.35. The van der Waals surface area contributed by atoms with Gasteiger partial charge in [-0.15, -0.1) is 0 Å². The molecule has 3 nitrogen and oxygen atoms in total. The molecule has 0 saturated carbocycles. The van der Waals surface area contributed by atoms with E-state index in [2.05, 4.69) is 31.1 Å². The van der Waals surface area contributed by atoms with Crippen molar-refractivity contribution in [3.63, 3.8) is 0 Å². The highest BCUT2D eigenvalue weighted by molar-refractivity contribution is 5.78. The van der Waals surface area contributed by atoms with Crippen molar-refractivity contribution >= 4 is 5.69 Å². The van der Waals surface area contributed by atoms with Gasteiger partial charge in [0.15, 0.2) is 0 Å². The molecule has 3 heteroatoms. The highest BCUT2D eigenvalue weighted by Crippen LogP contribution is 2.32. The number of hydrogen-bond donors (Lipinski definition) is 1. The number of anilines is 1. The van der Waals surface area contributed by atoms with E-state index in [9.17, 15) is 0 Å². The third-order valence-electron chi connectivity index (χ3n) is 2.90. The molecule has 0 amide bonds. The molecule has 90 valence electrons. The summed E-state index contributed by atoms with van der Waals surface area (Å²) in [6.07, 6.45) is 2.04. The Balaban J connectivity index is 2.59. The van der Waals surface area contributed by atoms with Crippen LogP contribution in [0.15, 0.2) is 24.4 Å². The van der Waals surface area contributed by atoms with E-state index in [1.807, 2.05) is 30.9 Å². The van der Waals surface area contributed by atoms with Gasteiger partial charge >= 0.3 is 0 Å². The van der Waals surface area contributed by atoms with Crippen LogP contribution in [0.2, 0.25) is 0 Å². The van der Waals surface area contributed by atoms with E-state index in [0.717, 1.165) is 22.5 Å². The van der Waals surface area contributed by atoms with E-state index in [-0.39, 0.29) is 0 Å². The van der Waals surface area contributed by atoms with Crippen molar-refractivity contribution < 1.29 is 0 Å². The fraction of sp³-hybridized carbons (Fsp3) is 0.357. The number of aromatic nitrogens is 2. The Morgan fingerprint density at radius 1 is 1.24 bits per heavy atom. The zero-order chi connectivity index (χ0) is 12.6. The van der Waals surface area contributed by atoms with Crippen molar-refractivity contribution in [1.29, 1.82) is 0 Å². The van der Waals surface area contributed by atoms with Crippen LogP contribution < -0.4 is 5.73 Å². The first-order chi connectivity index (χ1) is 7.99. The molecular formula is C14H19N3. The Morgan fingerprint density at radius 2 is 1.94 bits per heavy atom. The zero-order valence-corrected chi connectivity index (χ0v) is 10.9. The average Bonchev–Trinajstić information content (AvgIpc) is 2.60. The van der Waals surface area contributed by atoms with Crippen LogP contribution in [0, 0.1) is 6.92 Å². The van der Waals surface area contributed by atoms with Gasteiger partial charge in [-0.1, -0.05) is 26.0 Å². The van der Waals surface area contributed by atoms with E-state index in [4.69, 9.17) is 5.73 Å². The Labute approximate surface area is 102 Å². The Morgan fingerprint density at radius 3 is 2.53 bits per heavy atom. The first-order valence-electron chi connectivity index (χ1n) is 5.89. The molecule has 0 radical (unpaired) electrons. The number of hydrogen-bond acceptors (Lipinski definition) is 2. The van der Waals surface area contributed by atoms with Crippen molar-refractivity contribution in [2.75, 3.05) is 5.73 Å². The maximum atomic E-state index is 6.09. The van der Waals surface area contributed by atoms with Crippen LogP contribution in [0.3, 0.4) is 0 Å². The number of rotatable bonds is 2. The number of nitrogen functional groups attached to an aromatic ring is 1. The lowest BCUT2D eigenvalue weighted by molar-refractivity contribution is 0.713. The van der Waals surface area contributed by atoms with Gasteiger partial charge in [-0.05, 0) is 24.5 Å². The summed E-state index contributed by atoms with van der Waals surface area (Å²) >= 11 is 0. The van der Waals surface area contributed by atoms with Crippen LogP contribution in [0.5, 0.6) is 0 Å². The molecule has 2 N–H and O–H groups in total. The van der Waals surface area contributed by atoms with Gasteiger partial charge in [0, 0.05) is 30.1 Å². The van der Waals surface area contributed by atoms with E-state index < -0.39 is 0 Å². The van der Waals surface area contributed by atoms with Crippen LogP contribution in [-0.4, -0.2) is 9.78 Å². The van der Waals surface area contributed by atoms with Crippen molar-refractivity contribution in [2.24, 2.45) is 7.05 Å². The zero-order valence-electron chi connectivity index (χ0n) is 10.9. The summed E-state index contributed by atoms with van der Waals surface area (Å²) in [5.41, 5.74) is 11.4. The number of benzene rings is 1. The lowest BCUT2D eigenvalue weighted by Crippen LogP contribution is -1.95. The van der Waals surface area contributed by atoms with Crippen molar-refractivity contribution in [2.45, 2.75) is 26.7 Å². The van der Waals surface area contributed by atoms with Gasteiger partial charge in [-0.2, -0.15) is 5.10 Å². The third kappa shape index (κ3) is 2.18. The molecule has 0 aliphatic heterocycles. The van der Waals surface area contributed by atoms with Crippen molar-refractivity contribution in [1.82, 2.24) is 9.78 Å². The van der Waals surface area contributed by atoms with Crippen LogP contribution in [-0.2, 0) is 7.05 Å². The summed E-state index contributed by atoms with van der Waals surface area (Å²) in [4.78, 5) is 0. The summed E-state index contributed by atoms with van der Waals surface area (Å²) in [6, 6.07) is 6.17. The molecule has 0 unspecified atom stereocenters. The minimum absolute atomic E-state index is 0.395. The predicted molar refractivity (Wildman–Crippen MR) is 71.9 cm³/mol. The fourth-order valence-corrected chi connectivity index (χ4v) is 2.07. The number of aryl methyl sites for hydroxylation is 2. The largest absolute Gasteiger partial charge is 0.398 e. The van der Waals surface area contributed by atoms with E-state index in [1.54, 1.807) is 0 Å². The molecule has 1 aromatic heterocycles. The third-order valence-corrected chi connectivity index (χ3v) is 2.90. The van der Waals surface area contributed by atoms with Crippen LogP contribution in [0.25, 0.3) is 11.1 Å². The first-order valence-corrected chi connectivity index (χ1v) is 5.89. The molecule has 1 heterocycles. The molecule has 0 aliphatic rings. The molecule has 2 aromatic rings. The maximum absolute atomic E-state index is 6.09. The molecule has 1 aromatic carbocycles. The standard InChI is InChI=1S/C14H19N3/c1-9(2)14-12(8-17(4)16-14)11-6-5-10(3)7-13(11)15/h5-9H,15H2,1-4H3.